The van der Waals surface area contributed by atoms with Gasteiger partial charge in [-0.2, -0.15) is 10.1 Å². The van der Waals surface area contributed by atoms with E-state index in [1.54, 1.807) is 10.9 Å². The monoisotopic (exact) mass is 283 g/mol. The first-order chi connectivity index (χ1) is 10.2. The summed E-state index contributed by atoms with van der Waals surface area (Å²) in [6.45, 7) is 2.83. The second kappa shape index (κ2) is 5.78. The summed E-state index contributed by atoms with van der Waals surface area (Å²) >= 11 is 0. The van der Waals surface area contributed by atoms with Crippen molar-refractivity contribution in [3.63, 3.8) is 0 Å². The summed E-state index contributed by atoms with van der Waals surface area (Å²) in [5, 5.41) is 11.4. The number of anilines is 1. The zero-order chi connectivity index (χ0) is 14.7. The second-order valence-corrected chi connectivity index (χ2v) is 4.91. The molecule has 0 amide bonds. The third kappa shape index (κ3) is 3.10. The average molecular weight is 283 g/mol. The van der Waals surface area contributed by atoms with E-state index in [1.165, 1.54) is 5.56 Å². The lowest BCUT2D eigenvalue weighted by Crippen LogP contribution is -2.06. The fraction of sp³-hybridized carbons (Fsp3) is 0.267. The Balaban J connectivity index is 1.59. The Kier molecular flexibility index (Phi) is 3.68. The summed E-state index contributed by atoms with van der Waals surface area (Å²) < 4.78 is 6.97. The number of nitrogens with one attached hydrogen (secondary N) is 1. The van der Waals surface area contributed by atoms with Crippen molar-refractivity contribution in [2.24, 2.45) is 7.05 Å². The van der Waals surface area contributed by atoms with Crippen molar-refractivity contribution in [3.8, 4) is 11.4 Å². The molecule has 0 bridgehead atoms. The van der Waals surface area contributed by atoms with Gasteiger partial charge in [-0.25, -0.2) is 0 Å². The third-order valence-corrected chi connectivity index (χ3v) is 3.23. The van der Waals surface area contributed by atoms with Gasteiger partial charge in [0.2, 0.25) is 11.7 Å². The minimum absolute atomic E-state index is 0.578. The van der Waals surface area contributed by atoms with Crippen molar-refractivity contribution in [2.75, 3.05) is 11.9 Å². The molecule has 0 radical (unpaired) electrons. The molecule has 0 saturated heterocycles. The van der Waals surface area contributed by atoms with Crippen LogP contribution in [0, 0.1) is 6.92 Å². The number of aromatic nitrogens is 4. The lowest BCUT2D eigenvalue weighted by molar-refractivity contribution is 0.381. The fourth-order valence-corrected chi connectivity index (χ4v) is 2.09. The molecule has 6 nitrogen and oxygen atoms in total. The van der Waals surface area contributed by atoms with Gasteiger partial charge >= 0.3 is 0 Å². The Morgan fingerprint density at radius 1 is 1.29 bits per heavy atom. The van der Waals surface area contributed by atoms with E-state index in [2.05, 4.69) is 39.6 Å². The molecule has 0 unspecified atom stereocenters. The Bertz CT molecular complexity index is 731. The predicted molar refractivity (Wildman–Crippen MR) is 79.9 cm³/mol. The van der Waals surface area contributed by atoms with E-state index in [0.717, 1.165) is 17.8 Å². The normalized spacial score (nSPS) is 10.8. The van der Waals surface area contributed by atoms with Crippen LogP contribution in [0.3, 0.4) is 0 Å². The molecule has 3 aromatic rings. The molecule has 1 aromatic carbocycles. The Hall–Kier alpha value is -2.63. The molecular formula is C15H17N5O. The quantitative estimate of drug-likeness (QED) is 0.779. The summed E-state index contributed by atoms with van der Waals surface area (Å²) in [7, 11) is 1.86. The highest BCUT2D eigenvalue weighted by Crippen LogP contribution is 2.15. The van der Waals surface area contributed by atoms with Crippen molar-refractivity contribution in [1.82, 2.24) is 19.9 Å². The second-order valence-electron chi connectivity index (χ2n) is 4.91. The molecule has 0 aliphatic rings. The molecule has 21 heavy (non-hydrogen) atoms. The van der Waals surface area contributed by atoms with Gasteiger partial charge in [-0.15, -0.1) is 0 Å². The van der Waals surface area contributed by atoms with Crippen LogP contribution in [-0.4, -0.2) is 26.5 Å². The number of benzene rings is 1. The number of para-hydroxylation sites is 1. The van der Waals surface area contributed by atoms with E-state index in [4.69, 9.17) is 4.52 Å². The molecule has 2 heterocycles. The highest BCUT2D eigenvalue weighted by molar-refractivity contribution is 5.51. The van der Waals surface area contributed by atoms with E-state index < -0.39 is 0 Å². The molecule has 0 aliphatic carbocycles. The van der Waals surface area contributed by atoms with Crippen LogP contribution in [0.2, 0.25) is 0 Å². The average Bonchev–Trinajstić information content (AvgIpc) is 3.10. The van der Waals surface area contributed by atoms with E-state index >= 15 is 0 Å². The first-order valence-electron chi connectivity index (χ1n) is 6.83. The van der Waals surface area contributed by atoms with Crippen LogP contribution in [-0.2, 0) is 13.5 Å². The van der Waals surface area contributed by atoms with Crippen molar-refractivity contribution < 1.29 is 4.52 Å². The third-order valence-electron chi connectivity index (χ3n) is 3.23. The zero-order valence-electron chi connectivity index (χ0n) is 12.1. The van der Waals surface area contributed by atoms with Crippen molar-refractivity contribution >= 4 is 5.69 Å². The molecule has 0 fully saturated rings. The maximum absolute atomic E-state index is 5.26. The van der Waals surface area contributed by atoms with Crippen molar-refractivity contribution in [3.05, 3.63) is 48.1 Å². The highest BCUT2D eigenvalue weighted by Gasteiger charge is 2.09. The highest BCUT2D eigenvalue weighted by atomic mass is 16.5. The molecule has 6 heteroatoms. The molecular weight excluding hydrogens is 266 g/mol. The summed E-state index contributed by atoms with van der Waals surface area (Å²) in [6, 6.07) is 8.18. The fourth-order valence-electron chi connectivity index (χ4n) is 2.09. The van der Waals surface area contributed by atoms with Gasteiger partial charge in [-0.05, 0) is 18.6 Å². The largest absolute Gasteiger partial charge is 0.384 e. The minimum Gasteiger partial charge on any atom is -0.384 e. The standard InChI is InChI=1S/C15H17N5O/c1-11-5-3-4-6-13(11)16-8-7-14-18-15(19-21-14)12-9-17-20(2)10-12/h3-6,9-10,16H,7-8H2,1-2H3. The summed E-state index contributed by atoms with van der Waals surface area (Å²) in [4.78, 5) is 4.38. The van der Waals surface area contributed by atoms with Crippen molar-refractivity contribution in [1.29, 1.82) is 0 Å². The maximum atomic E-state index is 5.26. The molecule has 1 N–H and O–H groups in total. The number of hydrogen-bond donors (Lipinski definition) is 1. The van der Waals surface area contributed by atoms with E-state index in [1.807, 2.05) is 25.4 Å². The Morgan fingerprint density at radius 3 is 2.90 bits per heavy atom. The maximum Gasteiger partial charge on any atom is 0.228 e. The van der Waals surface area contributed by atoms with Gasteiger partial charge in [0.1, 0.15) is 0 Å². The molecule has 2 aromatic heterocycles. The van der Waals surface area contributed by atoms with E-state index in [9.17, 15) is 0 Å². The van der Waals surface area contributed by atoms with Crippen LogP contribution in [0.4, 0.5) is 5.69 Å². The zero-order valence-corrected chi connectivity index (χ0v) is 12.1. The SMILES string of the molecule is Cc1ccccc1NCCc1nc(-c2cnn(C)c2)no1. The molecule has 0 saturated carbocycles. The van der Waals surface area contributed by atoms with Crippen LogP contribution in [0.1, 0.15) is 11.5 Å². The van der Waals surface area contributed by atoms with Gasteiger partial charge < -0.3 is 9.84 Å². The van der Waals surface area contributed by atoms with Gasteiger partial charge in [-0.3, -0.25) is 4.68 Å². The summed E-state index contributed by atoms with van der Waals surface area (Å²) in [5.41, 5.74) is 3.21. The molecule has 0 aliphatic heterocycles. The van der Waals surface area contributed by atoms with Crippen LogP contribution >= 0.6 is 0 Å². The van der Waals surface area contributed by atoms with Gasteiger partial charge in [0.15, 0.2) is 0 Å². The molecule has 0 spiro atoms. The summed E-state index contributed by atoms with van der Waals surface area (Å²) in [6.07, 6.45) is 4.27. The number of aryl methyl sites for hydroxylation is 2. The Morgan fingerprint density at radius 2 is 2.14 bits per heavy atom. The van der Waals surface area contributed by atoms with Crippen LogP contribution in [0.5, 0.6) is 0 Å². The minimum atomic E-state index is 0.578. The number of nitrogens with zero attached hydrogens (tertiary/aromatic N) is 4. The first-order valence-corrected chi connectivity index (χ1v) is 6.83. The summed E-state index contributed by atoms with van der Waals surface area (Å²) in [5.74, 6) is 1.20. The van der Waals surface area contributed by atoms with Crippen molar-refractivity contribution in [2.45, 2.75) is 13.3 Å². The molecule has 3 rings (SSSR count). The van der Waals surface area contributed by atoms with Gasteiger partial charge in [0.25, 0.3) is 0 Å². The first kappa shape index (κ1) is 13.4. The molecule has 108 valence electrons. The smallest absolute Gasteiger partial charge is 0.228 e. The topological polar surface area (TPSA) is 68.8 Å². The Labute approximate surface area is 122 Å². The molecule has 0 atom stereocenters. The number of rotatable bonds is 5. The van der Waals surface area contributed by atoms with Crippen LogP contribution in [0.25, 0.3) is 11.4 Å². The van der Waals surface area contributed by atoms with Crippen LogP contribution < -0.4 is 5.32 Å². The van der Waals surface area contributed by atoms with Gasteiger partial charge in [-0.1, -0.05) is 23.4 Å². The number of hydrogen-bond acceptors (Lipinski definition) is 5. The lowest BCUT2D eigenvalue weighted by Gasteiger charge is -2.07. The van der Waals surface area contributed by atoms with Gasteiger partial charge in [0, 0.05) is 31.9 Å². The van der Waals surface area contributed by atoms with Crippen LogP contribution in [0.15, 0.2) is 41.2 Å². The van der Waals surface area contributed by atoms with E-state index in [-0.39, 0.29) is 0 Å². The lowest BCUT2D eigenvalue weighted by atomic mass is 10.2. The van der Waals surface area contributed by atoms with E-state index in [0.29, 0.717) is 18.1 Å². The predicted octanol–water partition coefficient (Wildman–Crippen LogP) is 2.43. The van der Waals surface area contributed by atoms with Gasteiger partial charge in [0.05, 0.1) is 11.8 Å².